The number of rotatable bonds is 4. The van der Waals surface area contributed by atoms with Gasteiger partial charge >= 0.3 is 0 Å². The fourth-order valence-corrected chi connectivity index (χ4v) is 3.39. The van der Waals surface area contributed by atoms with Crippen LogP contribution < -0.4 is 5.32 Å². The predicted octanol–water partition coefficient (Wildman–Crippen LogP) is 2.74. The molecule has 8 heteroatoms. The SMILES string of the molecule is Clc1cc(Cl)c2nsnc2c1NCCN1CCOCC1. The molecule has 1 N–H and O–H groups in total. The molecule has 0 radical (unpaired) electrons. The van der Waals surface area contributed by atoms with Crippen molar-refractivity contribution in [3.8, 4) is 0 Å². The summed E-state index contributed by atoms with van der Waals surface area (Å²) in [5, 5.41) is 4.47. The first kappa shape index (κ1) is 14.3. The number of aromatic nitrogens is 2. The number of morpholine rings is 1. The highest BCUT2D eigenvalue weighted by Crippen LogP contribution is 2.34. The van der Waals surface area contributed by atoms with Gasteiger partial charge < -0.3 is 10.1 Å². The molecule has 108 valence electrons. The number of benzene rings is 1. The quantitative estimate of drug-likeness (QED) is 0.932. The highest BCUT2D eigenvalue weighted by Gasteiger charge is 2.14. The fourth-order valence-electron chi connectivity index (χ4n) is 2.21. The summed E-state index contributed by atoms with van der Waals surface area (Å²) in [6.07, 6.45) is 0. The highest BCUT2D eigenvalue weighted by atomic mass is 35.5. The van der Waals surface area contributed by atoms with Crippen molar-refractivity contribution in [1.29, 1.82) is 0 Å². The lowest BCUT2D eigenvalue weighted by molar-refractivity contribution is 0.0398. The smallest absolute Gasteiger partial charge is 0.130 e. The molecule has 1 aliphatic rings. The number of halogens is 2. The lowest BCUT2D eigenvalue weighted by atomic mass is 10.2. The van der Waals surface area contributed by atoms with Crippen LogP contribution >= 0.6 is 34.9 Å². The Bertz CT molecular complexity index is 600. The zero-order valence-corrected chi connectivity index (χ0v) is 13.1. The molecule has 0 aliphatic carbocycles. The molecular formula is C12H14Cl2N4OS. The number of hydrogen-bond donors (Lipinski definition) is 1. The zero-order chi connectivity index (χ0) is 13.9. The molecule has 20 heavy (non-hydrogen) atoms. The second-order valence-electron chi connectivity index (χ2n) is 4.56. The number of ether oxygens (including phenoxy) is 1. The molecule has 3 rings (SSSR count). The summed E-state index contributed by atoms with van der Waals surface area (Å²) < 4.78 is 13.8. The first-order chi connectivity index (χ1) is 9.75. The van der Waals surface area contributed by atoms with E-state index in [4.69, 9.17) is 27.9 Å². The van der Waals surface area contributed by atoms with E-state index in [-0.39, 0.29) is 0 Å². The van der Waals surface area contributed by atoms with E-state index in [1.165, 1.54) is 0 Å². The van der Waals surface area contributed by atoms with Crippen LogP contribution in [0.25, 0.3) is 11.0 Å². The van der Waals surface area contributed by atoms with Crippen LogP contribution in [0.15, 0.2) is 6.07 Å². The van der Waals surface area contributed by atoms with Gasteiger partial charge in [-0.05, 0) is 6.07 Å². The molecular weight excluding hydrogens is 319 g/mol. The summed E-state index contributed by atoms with van der Waals surface area (Å²) in [5.41, 5.74) is 2.26. The summed E-state index contributed by atoms with van der Waals surface area (Å²) in [6, 6.07) is 1.71. The Morgan fingerprint density at radius 1 is 1.20 bits per heavy atom. The van der Waals surface area contributed by atoms with Gasteiger partial charge in [0.1, 0.15) is 11.0 Å². The molecule has 1 aromatic carbocycles. The van der Waals surface area contributed by atoms with Gasteiger partial charge in [0.15, 0.2) is 0 Å². The van der Waals surface area contributed by atoms with Gasteiger partial charge in [-0.1, -0.05) is 23.2 Å². The van der Waals surface area contributed by atoms with E-state index in [9.17, 15) is 0 Å². The standard InChI is InChI=1S/C12H14Cl2N4OS/c13-8-7-9(14)11-12(17-20-16-11)10(8)15-1-2-18-3-5-19-6-4-18/h7,15H,1-6H2. The molecule has 5 nitrogen and oxygen atoms in total. The van der Waals surface area contributed by atoms with Crippen LogP contribution in [0.1, 0.15) is 0 Å². The van der Waals surface area contributed by atoms with Crippen LogP contribution in [-0.4, -0.2) is 53.0 Å². The van der Waals surface area contributed by atoms with E-state index < -0.39 is 0 Å². The molecule has 2 heterocycles. The number of nitrogens with one attached hydrogen (secondary N) is 1. The van der Waals surface area contributed by atoms with Crippen molar-refractivity contribution < 1.29 is 4.74 Å². The summed E-state index contributed by atoms with van der Waals surface area (Å²) in [7, 11) is 0. The Hall–Kier alpha value is -0.660. The minimum Gasteiger partial charge on any atom is -0.381 e. The molecule has 1 saturated heterocycles. The Balaban J connectivity index is 1.69. The van der Waals surface area contributed by atoms with E-state index in [0.717, 1.165) is 62.3 Å². The Morgan fingerprint density at radius 3 is 2.75 bits per heavy atom. The first-order valence-electron chi connectivity index (χ1n) is 6.40. The summed E-state index contributed by atoms with van der Waals surface area (Å²) in [5.74, 6) is 0. The summed E-state index contributed by atoms with van der Waals surface area (Å²) in [4.78, 5) is 2.36. The van der Waals surface area contributed by atoms with Crippen LogP contribution in [0.3, 0.4) is 0 Å². The van der Waals surface area contributed by atoms with Gasteiger partial charge in [0.05, 0.1) is 40.7 Å². The van der Waals surface area contributed by atoms with E-state index in [1.54, 1.807) is 6.07 Å². The largest absolute Gasteiger partial charge is 0.381 e. The topological polar surface area (TPSA) is 50.3 Å². The zero-order valence-electron chi connectivity index (χ0n) is 10.7. The monoisotopic (exact) mass is 332 g/mol. The van der Waals surface area contributed by atoms with Crippen molar-refractivity contribution in [3.05, 3.63) is 16.1 Å². The van der Waals surface area contributed by atoms with Crippen molar-refractivity contribution in [2.24, 2.45) is 0 Å². The number of nitrogens with zero attached hydrogens (tertiary/aromatic N) is 3. The Kier molecular flexibility index (Phi) is 4.58. The van der Waals surface area contributed by atoms with Gasteiger partial charge in [0.25, 0.3) is 0 Å². The van der Waals surface area contributed by atoms with Gasteiger partial charge in [0.2, 0.25) is 0 Å². The van der Waals surface area contributed by atoms with Crippen LogP contribution in [0, 0.1) is 0 Å². The van der Waals surface area contributed by atoms with Crippen molar-refractivity contribution in [1.82, 2.24) is 13.6 Å². The van der Waals surface area contributed by atoms with E-state index in [0.29, 0.717) is 15.6 Å². The second kappa shape index (κ2) is 6.41. The van der Waals surface area contributed by atoms with Gasteiger partial charge in [-0.15, -0.1) is 0 Å². The first-order valence-corrected chi connectivity index (χ1v) is 7.88. The molecule has 0 saturated carbocycles. The van der Waals surface area contributed by atoms with E-state index in [2.05, 4.69) is 19.0 Å². The third-order valence-corrected chi connectivity index (χ3v) is 4.39. The molecule has 1 aliphatic heterocycles. The highest BCUT2D eigenvalue weighted by molar-refractivity contribution is 7.00. The van der Waals surface area contributed by atoms with Crippen LogP contribution in [-0.2, 0) is 4.74 Å². The maximum atomic E-state index is 6.24. The molecule has 0 amide bonds. The maximum absolute atomic E-state index is 6.24. The second-order valence-corrected chi connectivity index (χ2v) is 5.90. The van der Waals surface area contributed by atoms with Gasteiger partial charge in [0, 0.05) is 26.2 Å². The molecule has 0 atom stereocenters. The molecule has 1 aromatic heterocycles. The maximum Gasteiger partial charge on any atom is 0.130 e. The third-order valence-electron chi connectivity index (χ3n) is 3.28. The van der Waals surface area contributed by atoms with Crippen LogP contribution in [0.5, 0.6) is 0 Å². The van der Waals surface area contributed by atoms with E-state index >= 15 is 0 Å². The van der Waals surface area contributed by atoms with E-state index in [1.807, 2.05) is 0 Å². The van der Waals surface area contributed by atoms with Crippen LogP contribution in [0.4, 0.5) is 5.69 Å². The molecule has 0 bridgehead atoms. The third kappa shape index (κ3) is 2.99. The lowest BCUT2D eigenvalue weighted by Crippen LogP contribution is -2.39. The Morgan fingerprint density at radius 2 is 1.95 bits per heavy atom. The summed E-state index contributed by atoms with van der Waals surface area (Å²) in [6.45, 7) is 5.31. The molecule has 2 aromatic rings. The minimum absolute atomic E-state index is 0.539. The molecule has 0 unspecified atom stereocenters. The molecule has 0 spiro atoms. The predicted molar refractivity (Wildman–Crippen MR) is 83.2 cm³/mol. The molecule has 1 fully saturated rings. The minimum atomic E-state index is 0.539. The lowest BCUT2D eigenvalue weighted by Gasteiger charge is -2.26. The van der Waals surface area contributed by atoms with Gasteiger partial charge in [-0.3, -0.25) is 4.90 Å². The van der Waals surface area contributed by atoms with Crippen molar-refractivity contribution in [2.45, 2.75) is 0 Å². The Labute approximate surface area is 131 Å². The van der Waals surface area contributed by atoms with Gasteiger partial charge in [-0.25, -0.2) is 0 Å². The number of hydrogen-bond acceptors (Lipinski definition) is 6. The fraction of sp³-hybridized carbons (Fsp3) is 0.500. The van der Waals surface area contributed by atoms with Crippen LogP contribution in [0.2, 0.25) is 10.0 Å². The van der Waals surface area contributed by atoms with Crippen molar-refractivity contribution >= 4 is 51.7 Å². The average molecular weight is 333 g/mol. The van der Waals surface area contributed by atoms with Gasteiger partial charge in [-0.2, -0.15) is 8.75 Å². The van der Waals surface area contributed by atoms with Crippen molar-refractivity contribution in [3.63, 3.8) is 0 Å². The average Bonchev–Trinajstić information content (AvgIpc) is 2.93. The number of anilines is 1. The number of fused-ring (bicyclic) bond motifs is 1. The van der Waals surface area contributed by atoms with Crippen molar-refractivity contribution in [2.75, 3.05) is 44.7 Å². The summed E-state index contributed by atoms with van der Waals surface area (Å²) >= 11 is 13.5. The normalized spacial score (nSPS) is 16.7.